The van der Waals surface area contributed by atoms with Crippen LogP contribution in [0, 0.1) is 34.5 Å². The lowest BCUT2D eigenvalue weighted by Gasteiger charge is -2.45. The second-order valence-electron chi connectivity index (χ2n) is 5.52. The molecule has 0 aliphatic heterocycles. The second kappa shape index (κ2) is 3.95. The maximum absolute atomic E-state index is 9.56. The van der Waals surface area contributed by atoms with E-state index in [1.54, 1.807) is 0 Å². The van der Waals surface area contributed by atoms with E-state index >= 15 is 0 Å². The lowest BCUT2D eigenvalue weighted by molar-refractivity contribution is 0.350. The lowest BCUT2D eigenvalue weighted by atomic mass is 9.55. The van der Waals surface area contributed by atoms with Gasteiger partial charge in [0.2, 0.25) is 0 Å². The molecule has 2 aromatic carbocycles. The summed E-state index contributed by atoms with van der Waals surface area (Å²) in [6.07, 6.45) is 0. The van der Waals surface area contributed by atoms with Crippen LogP contribution in [0.5, 0.6) is 0 Å². The van der Waals surface area contributed by atoms with Gasteiger partial charge in [0.1, 0.15) is 0 Å². The standard InChI is InChI=1S/C18H12N2/c19-9-15-16(10-20)18-12-6-2-1-5-11(12)17(15)13-7-3-4-8-14(13)18/h1-8,15-18H/t15-,16+,17?,18?. The van der Waals surface area contributed by atoms with Crippen molar-refractivity contribution in [3.63, 3.8) is 0 Å². The number of nitriles is 2. The predicted octanol–water partition coefficient (Wildman–Crippen LogP) is 3.56. The maximum atomic E-state index is 9.56. The molecule has 2 bridgehead atoms. The number of benzene rings is 2. The molecule has 0 unspecified atom stereocenters. The van der Waals surface area contributed by atoms with Crippen molar-refractivity contribution < 1.29 is 0 Å². The van der Waals surface area contributed by atoms with E-state index in [0.717, 1.165) is 0 Å². The van der Waals surface area contributed by atoms with Crippen molar-refractivity contribution in [2.45, 2.75) is 11.8 Å². The minimum atomic E-state index is -0.241. The molecule has 0 aromatic heterocycles. The zero-order chi connectivity index (χ0) is 13.7. The van der Waals surface area contributed by atoms with Crippen molar-refractivity contribution in [1.82, 2.24) is 0 Å². The highest BCUT2D eigenvalue weighted by atomic mass is 14.5. The molecule has 0 fully saturated rings. The van der Waals surface area contributed by atoms with Crippen molar-refractivity contribution in [2.75, 3.05) is 0 Å². The number of rotatable bonds is 0. The zero-order valence-corrected chi connectivity index (χ0v) is 10.8. The summed E-state index contributed by atoms with van der Waals surface area (Å²) in [5.41, 5.74) is 4.92. The van der Waals surface area contributed by atoms with Crippen LogP contribution in [0.4, 0.5) is 0 Å². The van der Waals surface area contributed by atoms with E-state index in [-0.39, 0.29) is 23.7 Å². The van der Waals surface area contributed by atoms with Crippen molar-refractivity contribution in [2.24, 2.45) is 11.8 Å². The number of nitrogens with zero attached hydrogens (tertiary/aromatic N) is 2. The maximum Gasteiger partial charge on any atom is 0.0740 e. The average Bonchev–Trinajstić information content (AvgIpc) is 2.53. The number of hydrogen-bond acceptors (Lipinski definition) is 2. The molecular weight excluding hydrogens is 244 g/mol. The summed E-state index contributed by atoms with van der Waals surface area (Å²) in [4.78, 5) is 0. The van der Waals surface area contributed by atoms with Crippen molar-refractivity contribution in [1.29, 1.82) is 10.5 Å². The van der Waals surface area contributed by atoms with E-state index in [2.05, 4.69) is 36.4 Å². The van der Waals surface area contributed by atoms with Crippen LogP contribution >= 0.6 is 0 Å². The molecule has 0 heterocycles. The van der Waals surface area contributed by atoms with Crippen molar-refractivity contribution in [3.05, 3.63) is 70.8 Å². The quantitative estimate of drug-likeness (QED) is 0.723. The molecule has 0 saturated heterocycles. The van der Waals surface area contributed by atoms with Crippen LogP contribution in [0.1, 0.15) is 34.1 Å². The largest absolute Gasteiger partial charge is 0.198 e. The molecule has 2 aromatic rings. The molecule has 0 amide bonds. The minimum absolute atomic E-state index is 0.0436. The Morgan fingerprint density at radius 2 is 0.900 bits per heavy atom. The van der Waals surface area contributed by atoms with Gasteiger partial charge in [-0.05, 0) is 22.3 Å². The Labute approximate surface area is 117 Å². The monoisotopic (exact) mass is 256 g/mol. The first kappa shape index (κ1) is 11.3. The second-order valence-corrected chi connectivity index (χ2v) is 5.52. The number of hydrogen-bond donors (Lipinski definition) is 0. The Balaban J connectivity index is 2.08. The van der Waals surface area contributed by atoms with Crippen LogP contribution in [-0.2, 0) is 0 Å². The summed E-state index contributed by atoms with van der Waals surface area (Å²) in [6, 6.07) is 21.3. The highest BCUT2D eigenvalue weighted by molar-refractivity contribution is 5.58. The summed E-state index contributed by atoms with van der Waals surface area (Å²) < 4.78 is 0. The Bertz CT molecular complexity index is 665. The lowest BCUT2D eigenvalue weighted by Crippen LogP contribution is -2.38. The van der Waals surface area contributed by atoms with Gasteiger partial charge < -0.3 is 0 Å². The van der Waals surface area contributed by atoms with Gasteiger partial charge in [-0.3, -0.25) is 0 Å². The highest BCUT2D eigenvalue weighted by Gasteiger charge is 2.50. The van der Waals surface area contributed by atoms with E-state index in [1.165, 1.54) is 22.3 Å². The minimum Gasteiger partial charge on any atom is -0.198 e. The van der Waals surface area contributed by atoms with Crippen molar-refractivity contribution in [3.8, 4) is 12.1 Å². The van der Waals surface area contributed by atoms with Crippen LogP contribution < -0.4 is 0 Å². The van der Waals surface area contributed by atoms with E-state index in [0.29, 0.717) is 0 Å². The molecular formula is C18H12N2. The molecule has 0 N–H and O–H groups in total. The summed E-state index contributed by atoms with van der Waals surface area (Å²) in [7, 11) is 0. The average molecular weight is 256 g/mol. The third kappa shape index (κ3) is 1.21. The zero-order valence-electron chi connectivity index (χ0n) is 10.8. The van der Waals surface area contributed by atoms with E-state index < -0.39 is 0 Å². The van der Waals surface area contributed by atoms with Crippen LogP contribution in [0.15, 0.2) is 48.5 Å². The highest BCUT2D eigenvalue weighted by Crippen LogP contribution is 2.57. The fourth-order valence-electron chi connectivity index (χ4n) is 3.99. The molecule has 0 spiro atoms. The summed E-state index contributed by atoms with van der Waals surface area (Å²) >= 11 is 0. The van der Waals surface area contributed by atoms with Gasteiger partial charge in [-0.2, -0.15) is 10.5 Å². The van der Waals surface area contributed by atoms with E-state index in [4.69, 9.17) is 0 Å². The third-order valence-corrected chi connectivity index (χ3v) is 4.74. The van der Waals surface area contributed by atoms with Gasteiger partial charge in [0.25, 0.3) is 0 Å². The molecule has 0 radical (unpaired) electrons. The van der Waals surface area contributed by atoms with Gasteiger partial charge in [0, 0.05) is 11.8 Å². The molecule has 94 valence electrons. The normalized spacial score (nSPS) is 28.9. The first-order valence-corrected chi connectivity index (χ1v) is 6.83. The van der Waals surface area contributed by atoms with Gasteiger partial charge >= 0.3 is 0 Å². The third-order valence-electron chi connectivity index (χ3n) is 4.74. The van der Waals surface area contributed by atoms with E-state index in [9.17, 15) is 10.5 Å². The molecule has 5 rings (SSSR count). The molecule has 3 aliphatic carbocycles. The first-order valence-electron chi connectivity index (χ1n) is 6.83. The SMILES string of the molecule is N#C[C@@H]1C2c3ccccc3C(c3ccccc32)[C@@H]1C#N. The molecule has 3 aliphatic rings. The van der Waals surface area contributed by atoms with Crippen LogP contribution in [0.3, 0.4) is 0 Å². The van der Waals surface area contributed by atoms with Gasteiger partial charge in [-0.1, -0.05) is 48.5 Å². The summed E-state index contributed by atoms with van der Waals surface area (Å²) in [5, 5.41) is 19.1. The first-order chi connectivity index (χ1) is 9.86. The van der Waals surface area contributed by atoms with Crippen molar-refractivity contribution >= 4 is 0 Å². The molecule has 2 nitrogen and oxygen atoms in total. The Hall–Kier alpha value is -2.58. The van der Waals surface area contributed by atoms with Crippen LogP contribution in [-0.4, -0.2) is 0 Å². The van der Waals surface area contributed by atoms with Gasteiger partial charge in [0.05, 0.1) is 24.0 Å². The fraction of sp³-hybridized carbons (Fsp3) is 0.222. The Morgan fingerprint density at radius 1 is 0.600 bits per heavy atom. The number of fused-ring (bicyclic) bond motifs is 1. The van der Waals surface area contributed by atoms with Gasteiger partial charge in [-0.15, -0.1) is 0 Å². The fourth-order valence-corrected chi connectivity index (χ4v) is 3.99. The smallest absolute Gasteiger partial charge is 0.0740 e. The molecule has 0 saturated carbocycles. The molecule has 2 atom stereocenters. The molecule has 2 heteroatoms. The molecule has 20 heavy (non-hydrogen) atoms. The van der Waals surface area contributed by atoms with Crippen LogP contribution in [0.2, 0.25) is 0 Å². The van der Waals surface area contributed by atoms with Crippen LogP contribution in [0.25, 0.3) is 0 Å². The topological polar surface area (TPSA) is 47.6 Å². The van der Waals surface area contributed by atoms with Gasteiger partial charge in [-0.25, -0.2) is 0 Å². The summed E-state index contributed by atoms with van der Waals surface area (Å²) in [6.45, 7) is 0. The Morgan fingerprint density at radius 3 is 1.15 bits per heavy atom. The van der Waals surface area contributed by atoms with E-state index in [1.807, 2.05) is 24.3 Å². The van der Waals surface area contributed by atoms with Gasteiger partial charge in [0.15, 0.2) is 0 Å². The summed E-state index contributed by atoms with van der Waals surface area (Å²) in [5.74, 6) is -0.395. The Kier molecular flexibility index (Phi) is 2.23. The predicted molar refractivity (Wildman–Crippen MR) is 74.8 cm³/mol.